The molecule has 1 aliphatic carbocycles. The predicted octanol–water partition coefficient (Wildman–Crippen LogP) is 3.54. The van der Waals surface area contributed by atoms with E-state index in [-0.39, 0.29) is 5.75 Å². The number of pyridine rings is 1. The van der Waals surface area contributed by atoms with Crippen LogP contribution in [-0.2, 0) is 0 Å². The Labute approximate surface area is 99.8 Å². The van der Waals surface area contributed by atoms with Crippen LogP contribution in [0.15, 0.2) is 61.0 Å². The van der Waals surface area contributed by atoms with Crippen molar-refractivity contribution in [3.63, 3.8) is 0 Å². The molecule has 0 amide bonds. The maximum absolute atomic E-state index is 9.44. The highest BCUT2D eigenvalue weighted by Crippen LogP contribution is 2.24. The molecule has 0 bridgehead atoms. The maximum Gasteiger partial charge on any atom is 0.132 e. The molecule has 2 aromatic heterocycles. The first kappa shape index (κ1) is 9.97. The van der Waals surface area contributed by atoms with Crippen molar-refractivity contribution in [1.29, 1.82) is 0 Å². The number of aromatic hydroxyl groups is 1. The topological polar surface area (TPSA) is 24.6 Å². The standard InChI is InChI=1S/C15H13NO/c17-15-8-7-14-9-13(10-16(14)11-15)12-5-3-1-2-4-6-12/h1-5,7-11,17H,6H2. The SMILES string of the molecule is Oc1ccc2cc(C3=CC=CC=CC3)cn2c1. The summed E-state index contributed by atoms with van der Waals surface area (Å²) in [4.78, 5) is 0. The first-order valence-electron chi connectivity index (χ1n) is 5.66. The van der Waals surface area contributed by atoms with Crippen molar-refractivity contribution in [2.24, 2.45) is 0 Å². The van der Waals surface area contributed by atoms with Crippen LogP contribution < -0.4 is 0 Å². The first-order valence-corrected chi connectivity index (χ1v) is 5.66. The second-order valence-electron chi connectivity index (χ2n) is 4.16. The number of hydrogen-bond acceptors (Lipinski definition) is 1. The Kier molecular flexibility index (Phi) is 2.33. The van der Waals surface area contributed by atoms with Crippen molar-refractivity contribution in [3.8, 4) is 5.75 Å². The van der Waals surface area contributed by atoms with E-state index in [1.54, 1.807) is 12.3 Å². The normalized spacial score (nSPS) is 14.9. The Balaban J connectivity index is 2.09. The molecular formula is C15H13NO. The van der Waals surface area contributed by atoms with Crippen LogP contribution in [-0.4, -0.2) is 9.51 Å². The molecule has 0 unspecified atom stereocenters. The third-order valence-corrected chi connectivity index (χ3v) is 2.94. The van der Waals surface area contributed by atoms with E-state index in [9.17, 15) is 5.11 Å². The Morgan fingerprint density at radius 3 is 2.94 bits per heavy atom. The van der Waals surface area contributed by atoms with Gasteiger partial charge in [0, 0.05) is 11.7 Å². The zero-order chi connectivity index (χ0) is 11.7. The van der Waals surface area contributed by atoms with Crippen molar-refractivity contribution < 1.29 is 5.11 Å². The smallest absolute Gasteiger partial charge is 0.132 e. The molecule has 84 valence electrons. The molecule has 0 spiro atoms. The number of rotatable bonds is 1. The van der Waals surface area contributed by atoms with Gasteiger partial charge >= 0.3 is 0 Å². The number of hydrogen-bond donors (Lipinski definition) is 1. The highest BCUT2D eigenvalue weighted by atomic mass is 16.3. The van der Waals surface area contributed by atoms with Crippen LogP contribution in [0.25, 0.3) is 11.1 Å². The van der Waals surface area contributed by atoms with E-state index >= 15 is 0 Å². The van der Waals surface area contributed by atoms with Gasteiger partial charge in [0.1, 0.15) is 5.75 Å². The Hall–Kier alpha value is -2.22. The van der Waals surface area contributed by atoms with Crippen LogP contribution in [0.2, 0.25) is 0 Å². The van der Waals surface area contributed by atoms with Crippen LogP contribution >= 0.6 is 0 Å². The van der Waals surface area contributed by atoms with Gasteiger partial charge in [0.2, 0.25) is 0 Å². The fourth-order valence-corrected chi connectivity index (χ4v) is 2.06. The summed E-state index contributed by atoms with van der Waals surface area (Å²) in [5.74, 6) is 0.286. The van der Waals surface area contributed by atoms with E-state index in [1.807, 2.05) is 22.7 Å². The van der Waals surface area contributed by atoms with Gasteiger partial charge in [-0.15, -0.1) is 0 Å². The van der Waals surface area contributed by atoms with E-state index in [0.717, 1.165) is 11.9 Å². The summed E-state index contributed by atoms with van der Waals surface area (Å²) in [6.45, 7) is 0. The summed E-state index contributed by atoms with van der Waals surface area (Å²) in [6.07, 6.45) is 15.1. The van der Waals surface area contributed by atoms with Gasteiger partial charge in [0.15, 0.2) is 0 Å². The molecule has 0 aliphatic heterocycles. The molecular weight excluding hydrogens is 210 g/mol. The molecule has 0 radical (unpaired) electrons. The minimum Gasteiger partial charge on any atom is -0.506 e. The molecule has 1 N–H and O–H groups in total. The molecule has 2 nitrogen and oxygen atoms in total. The Morgan fingerprint density at radius 1 is 1.06 bits per heavy atom. The minimum absolute atomic E-state index is 0.286. The third kappa shape index (κ3) is 1.89. The van der Waals surface area contributed by atoms with E-state index in [2.05, 4.69) is 30.4 Å². The van der Waals surface area contributed by atoms with Crippen molar-refractivity contribution in [1.82, 2.24) is 4.40 Å². The summed E-state index contributed by atoms with van der Waals surface area (Å²) in [7, 11) is 0. The van der Waals surface area contributed by atoms with Crippen molar-refractivity contribution in [2.45, 2.75) is 6.42 Å². The summed E-state index contributed by atoms with van der Waals surface area (Å²) < 4.78 is 1.95. The summed E-state index contributed by atoms with van der Waals surface area (Å²) >= 11 is 0. The average Bonchev–Trinajstić information content (AvgIpc) is 2.57. The van der Waals surface area contributed by atoms with E-state index in [4.69, 9.17) is 0 Å². The molecule has 1 aliphatic rings. The van der Waals surface area contributed by atoms with E-state index in [0.29, 0.717) is 0 Å². The lowest BCUT2D eigenvalue weighted by Gasteiger charge is -1.98. The van der Waals surface area contributed by atoms with Crippen LogP contribution in [0.5, 0.6) is 5.75 Å². The molecule has 2 aromatic rings. The van der Waals surface area contributed by atoms with Gasteiger partial charge in [-0.05, 0) is 35.8 Å². The largest absolute Gasteiger partial charge is 0.506 e. The van der Waals surface area contributed by atoms with Gasteiger partial charge in [-0.3, -0.25) is 0 Å². The molecule has 2 heteroatoms. The van der Waals surface area contributed by atoms with Crippen LogP contribution in [0.3, 0.4) is 0 Å². The van der Waals surface area contributed by atoms with Crippen LogP contribution in [0, 0.1) is 0 Å². The second-order valence-corrected chi connectivity index (χ2v) is 4.16. The lowest BCUT2D eigenvalue weighted by Crippen LogP contribution is -1.80. The fraction of sp³-hybridized carbons (Fsp3) is 0.0667. The van der Waals surface area contributed by atoms with Crippen molar-refractivity contribution in [2.75, 3.05) is 0 Å². The number of allylic oxidation sites excluding steroid dienone is 6. The lowest BCUT2D eigenvalue weighted by molar-refractivity contribution is 0.472. The van der Waals surface area contributed by atoms with E-state index in [1.165, 1.54) is 11.1 Å². The second kappa shape index (κ2) is 3.98. The highest BCUT2D eigenvalue weighted by molar-refractivity contribution is 5.73. The zero-order valence-electron chi connectivity index (χ0n) is 9.38. The summed E-state index contributed by atoms with van der Waals surface area (Å²) in [6, 6.07) is 5.76. The van der Waals surface area contributed by atoms with Crippen molar-refractivity contribution in [3.05, 3.63) is 66.5 Å². The summed E-state index contributed by atoms with van der Waals surface area (Å²) in [5.41, 5.74) is 3.58. The first-order chi connectivity index (χ1) is 8.33. The van der Waals surface area contributed by atoms with Crippen LogP contribution in [0.1, 0.15) is 12.0 Å². The molecule has 0 atom stereocenters. The number of nitrogens with zero attached hydrogens (tertiary/aromatic N) is 1. The van der Waals surface area contributed by atoms with Gasteiger partial charge in [0.25, 0.3) is 0 Å². The quantitative estimate of drug-likeness (QED) is 0.785. The third-order valence-electron chi connectivity index (χ3n) is 2.94. The van der Waals surface area contributed by atoms with Gasteiger partial charge in [-0.1, -0.05) is 30.4 Å². The number of fused-ring (bicyclic) bond motifs is 1. The Morgan fingerprint density at radius 2 is 2.00 bits per heavy atom. The molecule has 0 saturated carbocycles. The van der Waals surface area contributed by atoms with Crippen LogP contribution in [0.4, 0.5) is 0 Å². The van der Waals surface area contributed by atoms with Gasteiger partial charge in [-0.25, -0.2) is 0 Å². The molecule has 17 heavy (non-hydrogen) atoms. The van der Waals surface area contributed by atoms with Gasteiger partial charge in [-0.2, -0.15) is 0 Å². The molecule has 0 saturated heterocycles. The average molecular weight is 223 g/mol. The molecule has 3 rings (SSSR count). The van der Waals surface area contributed by atoms with Gasteiger partial charge in [0.05, 0.1) is 6.20 Å². The maximum atomic E-state index is 9.44. The minimum atomic E-state index is 0.286. The molecule has 0 fully saturated rings. The van der Waals surface area contributed by atoms with Crippen molar-refractivity contribution >= 4 is 11.1 Å². The lowest BCUT2D eigenvalue weighted by atomic mass is 10.1. The monoisotopic (exact) mass is 223 g/mol. The predicted molar refractivity (Wildman–Crippen MR) is 69.9 cm³/mol. The van der Waals surface area contributed by atoms with E-state index < -0.39 is 0 Å². The Bertz CT molecular complexity index is 644. The highest BCUT2D eigenvalue weighted by Gasteiger charge is 2.04. The summed E-state index contributed by atoms with van der Waals surface area (Å²) in [5, 5.41) is 9.44. The molecule has 0 aromatic carbocycles. The molecule has 2 heterocycles. The van der Waals surface area contributed by atoms with Gasteiger partial charge < -0.3 is 9.51 Å². The number of aromatic nitrogens is 1. The fourth-order valence-electron chi connectivity index (χ4n) is 2.06. The zero-order valence-corrected chi connectivity index (χ0v) is 9.38.